The van der Waals surface area contributed by atoms with Crippen LogP contribution in [0.15, 0.2) is 47.6 Å². The van der Waals surface area contributed by atoms with Gasteiger partial charge >= 0.3 is 0 Å². The van der Waals surface area contributed by atoms with E-state index in [1.54, 1.807) is 13.3 Å². The number of hydrazone groups is 1. The second-order valence-electron chi connectivity index (χ2n) is 7.47. The first-order valence-electron chi connectivity index (χ1n) is 10.0. The first-order valence-corrected chi connectivity index (χ1v) is 10.0. The van der Waals surface area contributed by atoms with Crippen molar-refractivity contribution in [3.8, 4) is 11.5 Å². The van der Waals surface area contributed by atoms with Crippen molar-refractivity contribution in [2.45, 2.75) is 33.7 Å². The Morgan fingerprint density at radius 3 is 2.80 bits per heavy atom. The lowest BCUT2D eigenvalue weighted by atomic mass is 10.1. The van der Waals surface area contributed by atoms with Crippen LogP contribution in [0.2, 0.25) is 0 Å². The molecule has 0 saturated carbocycles. The first kappa shape index (κ1) is 21.4. The van der Waals surface area contributed by atoms with E-state index in [9.17, 15) is 4.79 Å². The van der Waals surface area contributed by atoms with Gasteiger partial charge in [-0.15, -0.1) is 0 Å². The van der Waals surface area contributed by atoms with E-state index in [0.717, 1.165) is 28.8 Å². The van der Waals surface area contributed by atoms with Crippen LogP contribution in [0, 0.1) is 12.8 Å². The summed E-state index contributed by atoms with van der Waals surface area (Å²) in [5, 5.41) is 4.07. The van der Waals surface area contributed by atoms with Gasteiger partial charge in [0.05, 0.1) is 31.0 Å². The number of nitrogens with zero attached hydrogens (tertiary/aromatic N) is 3. The molecule has 0 unspecified atom stereocenters. The van der Waals surface area contributed by atoms with E-state index in [-0.39, 0.29) is 12.5 Å². The monoisotopic (exact) mass is 408 g/mol. The minimum Gasteiger partial charge on any atom is -0.493 e. The van der Waals surface area contributed by atoms with Crippen LogP contribution in [0.1, 0.15) is 31.7 Å². The van der Waals surface area contributed by atoms with Crippen molar-refractivity contribution in [1.29, 1.82) is 0 Å². The fraction of sp³-hybridized carbons (Fsp3) is 0.348. The molecule has 1 heterocycles. The van der Waals surface area contributed by atoms with Crippen LogP contribution in [0.4, 0.5) is 0 Å². The number of methoxy groups -OCH3 is 1. The van der Waals surface area contributed by atoms with Crippen LogP contribution >= 0.6 is 0 Å². The van der Waals surface area contributed by atoms with Crippen molar-refractivity contribution in [3.63, 3.8) is 0 Å². The summed E-state index contributed by atoms with van der Waals surface area (Å²) in [6.45, 7) is 6.99. The van der Waals surface area contributed by atoms with Gasteiger partial charge in [-0.25, -0.2) is 10.4 Å². The Hall–Kier alpha value is -3.35. The minimum absolute atomic E-state index is 0.148. The second-order valence-corrected chi connectivity index (χ2v) is 7.47. The van der Waals surface area contributed by atoms with Gasteiger partial charge in [0.1, 0.15) is 12.4 Å². The largest absolute Gasteiger partial charge is 0.493 e. The summed E-state index contributed by atoms with van der Waals surface area (Å²) in [4.78, 5) is 16.8. The molecule has 7 nitrogen and oxygen atoms in total. The highest BCUT2D eigenvalue weighted by atomic mass is 16.5. The molecule has 1 N–H and O–H groups in total. The number of para-hydroxylation sites is 2. The fourth-order valence-corrected chi connectivity index (χ4v) is 3.04. The van der Waals surface area contributed by atoms with Crippen molar-refractivity contribution in [2.75, 3.05) is 13.7 Å². The van der Waals surface area contributed by atoms with Crippen LogP contribution < -0.4 is 14.9 Å². The number of carbonyl (C=O) groups is 1. The van der Waals surface area contributed by atoms with E-state index in [4.69, 9.17) is 9.47 Å². The van der Waals surface area contributed by atoms with Gasteiger partial charge in [-0.05, 0) is 55.2 Å². The number of benzene rings is 2. The molecule has 1 aromatic heterocycles. The zero-order chi connectivity index (χ0) is 21.5. The number of aryl methyl sites for hydroxylation is 1. The van der Waals surface area contributed by atoms with E-state index in [1.165, 1.54) is 0 Å². The third-order valence-electron chi connectivity index (χ3n) is 4.69. The molecule has 2 aromatic carbocycles. The zero-order valence-corrected chi connectivity index (χ0v) is 17.9. The number of rotatable bonds is 9. The molecule has 0 bridgehead atoms. The number of fused-ring (bicyclic) bond motifs is 1. The molecule has 0 radical (unpaired) electrons. The SMILES string of the molecule is COc1cc(/C=N\NC(=O)Cn2c(C)nc3ccccc32)ccc1OCCC(C)C. The summed E-state index contributed by atoms with van der Waals surface area (Å²) in [5.41, 5.74) is 5.16. The fourth-order valence-electron chi connectivity index (χ4n) is 3.04. The molecule has 0 saturated heterocycles. The molecule has 0 spiro atoms. The Balaban J connectivity index is 1.60. The summed E-state index contributed by atoms with van der Waals surface area (Å²) < 4.78 is 13.1. The van der Waals surface area contributed by atoms with E-state index < -0.39 is 0 Å². The van der Waals surface area contributed by atoms with Gasteiger partial charge in [0.2, 0.25) is 0 Å². The third-order valence-corrected chi connectivity index (χ3v) is 4.69. The predicted molar refractivity (Wildman–Crippen MR) is 118 cm³/mol. The van der Waals surface area contributed by atoms with E-state index in [0.29, 0.717) is 24.0 Å². The zero-order valence-electron chi connectivity index (χ0n) is 17.9. The standard InChI is InChI=1S/C23H28N4O3/c1-16(2)11-12-30-21-10-9-18(13-22(21)29-4)14-24-26-23(28)15-27-17(3)25-19-7-5-6-8-20(19)27/h5-10,13-14,16H,11-12,15H2,1-4H3,(H,26,28)/b24-14-. The van der Waals surface area contributed by atoms with E-state index in [2.05, 4.69) is 29.4 Å². The number of amides is 1. The third kappa shape index (κ3) is 5.37. The van der Waals surface area contributed by atoms with Gasteiger partial charge in [0.25, 0.3) is 5.91 Å². The van der Waals surface area contributed by atoms with Gasteiger partial charge in [0.15, 0.2) is 11.5 Å². The van der Waals surface area contributed by atoms with Gasteiger partial charge < -0.3 is 14.0 Å². The first-order chi connectivity index (χ1) is 14.5. The van der Waals surface area contributed by atoms with Crippen LogP contribution in [-0.2, 0) is 11.3 Å². The Bertz CT molecular complexity index is 1040. The van der Waals surface area contributed by atoms with E-state index in [1.807, 2.05) is 54.0 Å². The Morgan fingerprint density at radius 1 is 1.23 bits per heavy atom. The number of imidazole rings is 1. The number of nitrogens with one attached hydrogen (secondary N) is 1. The number of hydrogen-bond acceptors (Lipinski definition) is 5. The molecule has 30 heavy (non-hydrogen) atoms. The van der Waals surface area contributed by atoms with Crippen LogP contribution in [-0.4, -0.2) is 35.4 Å². The van der Waals surface area contributed by atoms with Gasteiger partial charge in [-0.1, -0.05) is 26.0 Å². The summed E-state index contributed by atoms with van der Waals surface area (Å²) in [6, 6.07) is 13.3. The average molecular weight is 409 g/mol. The van der Waals surface area contributed by atoms with Crippen LogP contribution in [0.5, 0.6) is 11.5 Å². The van der Waals surface area contributed by atoms with Crippen LogP contribution in [0.25, 0.3) is 11.0 Å². The smallest absolute Gasteiger partial charge is 0.260 e. The molecule has 1 amide bonds. The topological polar surface area (TPSA) is 77.7 Å². The lowest BCUT2D eigenvalue weighted by molar-refractivity contribution is -0.121. The molecule has 0 atom stereocenters. The summed E-state index contributed by atoms with van der Waals surface area (Å²) >= 11 is 0. The summed E-state index contributed by atoms with van der Waals surface area (Å²) in [7, 11) is 1.60. The maximum atomic E-state index is 12.3. The summed E-state index contributed by atoms with van der Waals surface area (Å²) in [5.74, 6) is 2.47. The lowest BCUT2D eigenvalue weighted by Gasteiger charge is -2.12. The Labute approximate surface area is 176 Å². The van der Waals surface area contributed by atoms with Gasteiger partial charge in [0, 0.05) is 0 Å². The van der Waals surface area contributed by atoms with Crippen molar-refractivity contribution in [1.82, 2.24) is 15.0 Å². The molecular weight excluding hydrogens is 380 g/mol. The minimum atomic E-state index is -0.224. The molecule has 3 aromatic rings. The van der Waals surface area contributed by atoms with E-state index >= 15 is 0 Å². The normalized spacial score (nSPS) is 11.4. The average Bonchev–Trinajstić information content (AvgIpc) is 3.03. The molecule has 3 rings (SSSR count). The molecular formula is C23H28N4O3. The Kier molecular flexibility index (Phi) is 7.06. The maximum absolute atomic E-state index is 12.3. The molecule has 0 aliphatic heterocycles. The quantitative estimate of drug-likeness (QED) is 0.430. The van der Waals surface area contributed by atoms with Gasteiger partial charge in [-0.2, -0.15) is 5.10 Å². The highest BCUT2D eigenvalue weighted by molar-refractivity contribution is 5.84. The molecule has 0 fully saturated rings. The Morgan fingerprint density at radius 2 is 2.03 bits per heavy atom. The number of carbonyl (C=O) groups excluding carboxylic acids is 1. The van der Waals surface area contributed by atoms with Crippen molar-refractivity contribution in [2.24, 2.45) is 11.0 Å². The number of hydrogen-bond donors (Lipinski definition) is 1. The maximum Gasteiger partial charge on any atom is 0.260 e. The van der Waals surface area contributed by atoms with Gasteiger partial charge in [-0.3, -0.25) is 4.79 Å². The molecule has 0 aliphatic rings. The number of aromatic nitrogens is 2. The van der Waals surface area contributed by atoms with Crippen molar-refractivity contribution < 1.29 is 14.3 Å². The molecule has 0 aliphatic carbocycles. The van der Waals surface area contributed by atoms with Crippen molar-refractivity contribution in [3.05, 3.63) is 53.9 Å². The number of ether oxygens (including phenoxy) is 2. The highest BCUT2D eigenvalue weighted by Crippen LogP contribution is 2.28. The predicted octanol–water partition coefficient (Wildman–Crippen LogP) is 3.93. The second kappa shape index (κ2) is 9.91. The van der Waals surface area contributed by atoms with Crippen LogP contribution in [0.3, 0.4) is 0 Å². The molecule has 158 valence electrons. The van der Waals surface area contributed by atoms with Crippen molar-refractivity contribution >= 4 is 23.2 Å². The summed E-state index contributed by atoms with van der Waals surface area (Å²) in [6.07, 6.45) is 2.56. The molecule has 7 heteroatoms. The highest BCUT2D eigenvalue weighted by Gasteiger charge is 2.10. The lowest BCUT2D eigenvalue weighted by Crippen LogP contribution is -2.23.